The van der Waals surface area contributed by atoms with Gasteiger partial charge in [0, 0.05) is 32.2 Å². The van der Waals surface area contributed by atoms with Crippen LogP contribution in [0.5, 0.6) is 0 Å². The predicted octanol–water partition coefficient (Wildman–Crippen LogP) is 0.352. The number of carbonyl (C=O) groups is 2. The molecule has 2 N–H and O–H groups in total. The zero-order valence-electron chi connectivity index (χ0n) is 11.9. The summed E-state index contributed by atoms with van der Waals surface area (Å²) >= 11 is 0. The molecule has 8 heteroatoms. The Bertz CT molecular complexity index is 548. The van der Waals surface area contributed by atoms with Crippen LogP contribution in [-0.4, -0.2) is 56.1 Å². The zero-order valence-corrected chi connectivity index (χ0v) is 11.9. The van der Waals surface area contributed by atoms with E-state index in [0.717, 1.165) is 31.3 Å². The van der Waals surface area contributed by atoms with E-state index in [2.05, 4.69) is 10.2 Å². The molecule has 1 fully saturated rings. The monoisotopic (exact) mass is 313 g/mol. The Balaban J connectivity index is 1.76. The first kappa shape index (κ1) is 16.3. The first-order chi connectivity index (χ1) is 10.6. The number of nitrogens with one attached hydrogen (secondary N) is 2. The lowest BCUT2D eigenvalue weighted by molar-refractivity contribution is -0.136. The van der Waals surface area contributed by atoms with E-state index in [1.807, 2.05) is 5.32 Å². The van der Waals surface area contributed by atoms with Gasteiger partial charge in [-0.1, -0.05) is 0 Å². The van der Waals surface area contributed by atoms with E-state index in [9.17, 15) is 18.4 Å². The van der Waals surface area contributed by atoms with Gasteiger partial charge >= 0.3 is 11.8 Å². The first-order valence-corrected chi connectivity index (χ1v) is 6.90. The molecule has 0 bridgehead atoms. The number of ether oxygens (including phenoxy) is 1. The van der Waals surface area contributed by atoms with Crippen molar-refractivity contribution in [3.05, 3.63) is 29.8 Å². The Morgan fingerprint density at radius 2 is 1.91 bits per heavy atom. The van der Waals surface area contributed by atoms with Crippen LogP contribution in [0.25, 0.3) is 0 Å². The third-order valence-electron chi connectivity index (χ3n) is 3.20. The summed E-state index contributed by atoms with van der Waals surface area (Å²) in [4.78, 5) is 25.3. The smallest absolute Gasteiger partial charge is 0.313 e. The van der Waals surface area contributed by atoms with E-state index in [4.69, 9.17) is 4.74 Å². The van der Waals surface area contributed by atoms with Crippen LogP contribution in [0.3, 0.4) is 0 Å². The summed E-state index contributed by atoms with van der Waals surface area (Å²) in [6.07, 6.45) is 0. The molecule has 1 heterocycles. The molecular weight excluding hydrogens is 296 g/mol. The maximum Gasteiger partial charge on any atom is 0.313 e. The summed E-state index contributed by atoms with van der Waals surface area (Å²) in [5.41, 5.74) is -0.367. The van der Waals surface area contributed by atoms with Crippen LogP contribution in [0.4, 0.5) is 14.5 Å². The Hall–Kier alpha value is -2.06. The first-order valence-electron chi connectivity index (χ1n) is 6.90. The fourth-order valence-corrected chi connectivity index (χ4v) is 2.00. The van der Waals surface area contributed by atoms with Crippen molar-refractivity contribution in [2.24, 2.45) is 0 Å². The molecule has 0 aromatic heterocycles. The molecule has 0 radical (unpaired) electrons. The van der Waals surface area contributed by atoms with E-state index < -0.39 is 23.4 Å². The average Bonchev–Trinajstić information content (AvgIpc) is 2.52. The molecule has 1 aliphatic heterocycles. The van der Waals surface area contributed by atoms with Crippen molar-refractivity contribution in [2.75, 3.05) is 44.7 Å². The third-order valence-corrected chi connectivity index (χ3v) is 3.20. The maximum absolute atomic E-state index is 13.4. The number of rotatable bonds is 4. The molecule has 1 saturated heterocycles. The van der Waals surface area contributed by atoms with Crippen molar-refractivity contribution in [2.45, 2.75) is 0 Å². The quantitative estimate of drug-likeness (QED) is 0.787. The van der Waals surface area contributed by atoms with Crippen LogP contribution in [0.1, 0.15) is 0 Å². The molecule has 6 nitrogen and oxygen atoms in total. The number of hydrogen-bond donors (Lipinski definition) is 2. The number of hydrogen-bond acceptors (Lipinski definition) is 4. The standard InChI is InChI=1S/C14H17F2N3O3/c15-10-1-2-11(16)12(9-10)18-14(21)13(20)17-3-4-19-5-7-22-8-6-19/h1-2,9H,3-8H2,(H,17,20)(H,18,21). The Kier molecular flexibility index (Phi) is 5.79. The number of halogens is 2. The van der Waals surface area contributed by atoms with Gasteiger partial charge < -0.3 is 15.4 Å². The van der Waals surface area contributed by atoms with Crippen LogP contribution in [-0.2, 0) is 14.3 Å². The molecule has 2 amide bonds. The molecule has 1 aromatic carbocycles. The number of nitrogens with zero attached hydrogens (tertiary/aromatic N) is 1. The molecule has 22 heavy (non-hydrogen) atoms. The van der Waals surface area contributed by atoms with Gasteiger partial charge in [-0.2, -0.15) is 0 Å². The van der Waals surface area contributed by atoms with Gasteiger partial charge in [0.25, 0.3) is 0 Å². The number of anilines is 1. The summed E-state index contributed by atoms with van der Waals surface area (Å²) < 4.78 is 31.5. The number of morpholine rings is 1. The van der Waals surface area contributed by atoms with Crippen molar-refractivity contribution in [1.82, 2.24) is 10.2 Å². The van der Waals surface area contributed by atoms with Gasteiger partial charge in [-0.25, -0.2) is 8.78 Å². The molecule has 0 aliphatic carbocycles. The van der Waals surface area contributed by atoms with E-state index in [1.165, 1.54) is 0 Å². The lowest BCUT2D eigenvalue weighted by Crippen LogP contribution is -2.43. The van der Waals surface area contributed by atoms with Gasteiger partial charge in [0.15, 0.2) is 0 Å². The third kappa shape index (κ3) is 4.74. The highest BCUT2D eigenvalue weighted by Gasteiger charge is 2.16. The minimum Gasteiger partial charge on any atom is -0.379 e. The molecule has 0 spiro atoms. The van der Waals surface area contributed by atoms with Gasteiger partial charge in [0.05, 0.1) is 18.9 Å². The normalized spacial score (nSPS) is 15.4. The number of amides is 2. The largest absolute Gasteiger partial charge is 0.379 e. The fraction of sp³-hybridized carbons (Fsp3) is 0.429. The molecule has 0 unspecified atom stereocenters. The molecule has 1 aliphatic rings. The highest BCUT2D eigenvalue weighted by atomic mass is 19.1. The SMILES string of the molecule is O=C(NCCN1CCOCC1)C(=O)Nc1cc(F)ccc1F. The van der Waals surface area contributed by atoms with Crippen molar-refractivity contribution in [3.63, 3.8) is 0 Å². The summed E-state index contributed by atoms with van der Waals surface area (Å²) in [6, 6.07) is 2.61. The molecule has 0 saturated carbocycles. The minimum absolute atomic E-state index is 0.290. The summed E-state index contributed by atoms with van der Waals surface area (Å²) in [7, 11) is 0. The van der Waals surface area contributed by atoms with Gasteiger partial charge in [0.1, 0.15) is 11.6 Å². The van der Waals surface area contributed by atoms with E-state index in [0.29, 0.717) is 19.8 Å². The maximum atomic E-state index is 13.4. The van der Waals surface area contributed by atoms with Crippen molar-refractivity contribution >= 4 is 17.5 Å². The summed E-state index contributed by atoms with van der Waals surface area (Å²) in [5, 5.41) is 4.47. The van der Waals surface area contributed by atoms with Gasteiger partial charge in [-0.15, -0.1) is 0 Å². The van der Waals surface area contributed by atoms with Crippen LogP contribution >= 0.6 is 0 Å². The number of benzene rings is 1. The Morgan fingerprint density at radius 3 is 2.64 bits per heavy atom. The van der Waals surface area contributed by atoms with E-state index in [-0.39, 0.29) is 12.2 Å². The van der Waals surface area contributed by atoms with Crippen molar-refractivity contribution in [1.29, 1.82) is 0 Å². The van der Waals surface area contributed by atoms with Gasteiger partial charge in [-0.3, -0.25) is 14.5 Å². The van der Waals surface area contributed by atoms with E-state index in [1.54, 1.807) is 0 Å². The lowest BCUT2D eigenvalue weighted by Gasteiger charge is -2.26. The summed E-state index contributed by atoms with van der Waals surface area (Å²) in [6.45, 7) is 3.72. The van der Waals surface area contributed by atoms with Crippen LogP contribution in [0.2, 0.25) is 0 Å². The lowest BCUT2D eigenvalue weighted by atomic mass is 10.3. The Morgan fingerprint density at radius 1 is 1.18 bits per heavy atom. The molecule has 2 rings (SSSR count). The van der Waals surface area contributed by atoms with Gasteiger partial charge in [0.2, 0.25) is 0 Å². The second kappa shape index (κ2) is 7.81. The molecular formula is C14H17F2N3O3. The second-order valence-electron chi connectivity index (χ2n) is 4.79. The molecule has 120 valence electrons. The topological polar surface area (TPSA) is 70.7 Å². The van der Waals surface area contributed by atoms with Crippen LogP contribution in [0.15, 0.2) is 18.2 Å². The van der Waals surface area contributed by atoms with Crippen molar-refractivity contribution < 1.29 is 23.1 Å². The van der Waals surface area contributed by atoms with Crippen LogP contribution in [0, 0.1) is 11.6 Å². The Labute approximate surface area is 126 Å². The second-order valence-corrected chi connectivity index (χ2v) is 4.79. The van der Waals surface area contributed by atoms with E-state index >= 15 is 0 Å². The van der Waals surface area contributed by atoms with Crippen LogP contribution < -0.4 is 10.6 Å². The van der Waals surface area contributed by atoms with Gasteiger partial charge in [-0.05, 0) is 12.1 Å². The van der Waals surface area contributed by atoms with Crippen molar-refractivity contribution in [3.8, 4) is 0 Å². The average molecular weight is 313 g/mol. The fourth-order valence-electron chi connectivity index (χ4n) is 2.00. The number of carbonyl (C=O) groups excluding carboxylic acids is 2. The molecule has 0 atom stereocenters. The molecule has 1 aromatic rings. The highest BCUT2D eigenvalue weighted by Crippen LogP contribution is 2.14. The predicted molar refractivity (Wildman–Crippen MR) is 75.3 cm³/mol. The zero-order chi connectivity index (χ0) is 15.9. The minimum atomic E-state index is -1.04. The highest BCUT2D eigenvalue weighted by molar-refractivity contribution is 6.39. The summed E-state index contributed by atoms with van der Waals surface area (Å²) in [5.74, 6) is -3.44.